The van der Waals surface area contributed by atoms with Gasteiger partial charge in [0.25, 0.3) is 0 Å². The molecule has 0 aliphatic heterocycles. The Labute approximate surface area is 244 Å². The Morgan fingerprint density at radius 3 is 1.74 bits per heavy atom. The third-order valence-electron chi connectivity index (χ3n) is 8.00. The molecule has 0 spiro atoms. The van der Waals surface area contributed by atoms with Crippen LogP contribution in [-0.2, 0) is 0 Å². The van der Waals surface area contributed by atoms with E-state index in [9.17, 15) is 0 Å². The smallest absolute Gasteiger partial charge is 0.227 e. The Balaban J connectivity index is 1.36. The molecule has 0 N–H and O–H groups in total. The number of halogens is 1. The maximum atomic E-state index is 6.46. The number of nitrogens with zero attached hydrogens (tertiary/aromatic N) is 1. The quantitative estimate of drug-likeness (QED) is 0.215. The Morgan fingerprint density at radius 1 is 0.452 bits per heavy atom. The zero-order chi connectivity index (χ0) is 27.8. The second kappa shape index (κ2) is 8.84. The third kappa shape index (κ3) is 3.46. The van der Waals surface area contributed by atoms with E-state index in [1.807, 2.05) is 66.7 Å². The molecule has 0 unspecified atom stereocenters. The number of benzene rings is 6. The summed E-state index contributed by atoms with van der Waals surface area (Å²) in [7, 11) is 0. The van der Waals surface area contributed by atoms with Crippen molar-refractivity contribution in [2.24, 2.45) is 0 Å². The summed E-state index contributed by atoms with van der Waals surface area (Å²) >= 11 is 6.17. The number of furan rings is 2. The number of fused-ring (bicyclic) bond motifs is 7. The van der Waals surface area contributed by atoms with E-state index in [1.165, 1.54) is 0 Å². The predicted molar refractivity (Wildman–Crippen MR) is 170 cm³/mol. The van der Waals surface area contributed by atoms with Crippen molar-refractivity contribution in [3.8, 4) is 33.7 Å². The maximum Gasteiger partial charge on any atom is 0.227 e. The van der Waals surface area contributed by atoms with Gasteiger partial charge in [0.05, 0.1) is 0 Å². The van der Waals surface area contributed by atoms with Crippen LogP contribution in [0.1, 0.15) is 0 Å². The van der Waals surface area contributed by atoms with Crippen molar-refractivity contribution in [1.82, 2.24) is 4.98 Å². The van der Waals surface area contributed by atoms with Gasteiger partial charge in [-0.25, -0.2) is 4.98 Å². The SMILES string of the molecule is Clc1ccc(-c2nc3c(-c4cccc5c4oc4ccccc45)cc(-c4cccc5c4oc4ccccc45)cc3o2)cc1. The zero-order valence-electron chi connectivity index (χ0n) is 22.1. The summed E-state index contributed by atoms with van der Waals surface area (Å²) in [4.78, 5) is 5.01. The van der Waals surface area contributed by atoms with Gasteiger partial charge >= 0.3 is 0 Å². The molecule has 0 atom stereocenters. The summed E-state index contributed by atoms with van der Waals surface area (Å²) in [6, 6.07) is 40.5. The van der Waals surface area contributed by atoms with Crippen molar-refractivity contribution in [1.29, 1.82) is 0 Å². The van der Waals surface area contributed by atoms with Gasteiger partial charge in [0.15, 0.2) is 5.58 Å². The minimum Gasteiger partial charge on any atom is -0.455 e. The Hall–Kier alpha value is -5.32. The van der Waals surface area contributed by atoms with Crippen molar-refractivity contribution >= 4 is 66.6 Å². The van der Waals surface area contributed by atoms with E-state index in [4.69, 9.17) is 29.8 Å². The van der Waals surface area contributed by atoms with Crippen molar-refractivity contribution in [2.75, 3.05) is 0 Å². The van der Waals surface area contributed by atoms with Gasteiger partial charge in [-0.15, -0.1) is 0 Å². The van der Waals surface area contributed by atoms with E-state index in [0.29, 0.717) is 16.5 Å². The summed E-state index contributed by atoms with van der Waals surface area (Å²) in [5.41, 5.74) is 9.46. The second-order valence-electron chi connectivity index (χ2n) is 10.5. The van der Waals surface area contributed by atoms with Crippen LogP contribution in [0.3, 0.4) is 0 Å². The molecule has 5 heteroatoms. The average Bonchev–Trinajstić information content (AvgIpc) is 3.74. The highest BCUT2D eigenvalue weighted by atomic mass is 35.5. The van der Waals surface area contributed by atoms with Crippen LogP contribution in [-0.4, -0.2) is 4.98 Å². The number of aromatic nitrogens is 1. The molecular formula is C37H20ClNO3. The lowest BCUT2D eigenvalue weighted by Crippen LogP contribution is -1.86. The Morgan fingerprint density at radius 2 is 1.05 bits per heavy atom. The summed E-state index contributed by atoms with van der Waals surface area (Å²) in [5.74, 6) is 0.527. The molecule has 0 saturated carbocycles. The van der Waals surface area contributed by atoms with Gasteiger partial charge in [-0.3, -0.25) is 0 Å². The van der Waals surface area contributed by atoms with Crippen LogP contribution in [0.5, 0.6) is 0 Å². The van der Waals surface area contributed by atoms with Gasteiger partial charge < -0.3 is 13.3 Å². The Bertz CT molecular complexity index is 2480. The lowest BCUT2D eigenvalue weighted by molar-refractivity contribution is 0.620. The number of rotatable bonds is 3. The van der Waals surface area contributed by atoms with Crippen LogP contribution < -0.4 is 0 Å². The van der Waals surface area contributed by atoms with Crippen LogP contribution in [0.2, 0.25) is 5.02 Å². The minimum absolute atomic E-state index is 0.527. The van der Waals surface area contributed by atoms with Crippen molar-refractivity contribution in [3.05, 3.63) is 126 Å². The molecule has 0 aliphatic carbocycles. The van der Waals surface area contributed by atoms with Crippen molar-refractivity contribution in [2.45, 2.75) is 0 Å². The standard InChI is InChI=1S/C37H20ClNO3/c38-23-17-15-21(16-18-23)37-39-34-30(29-12-6-11-28-26-8-2-4-14-32(26)41-36(28)29)19-22(20-33(34)42-37)24-9-5-10-27-25-7-1-3-13-31(25)40-35(24)27/h1-20H. The van der Waals surface area contributed by atoms with Crippen LogP contribution in [0, 0.1) is 0 Å². The van der Waals surface area contributed by atoms with Crippen LogP contribution in [0.15, 0.2) is 135 Å². The van der Waals surface area contributed by atoms with Crippen molar-refractivity contribution < 1.29 is 13.3 Å². The van der Waals surface area contributed by atoms with Crippen LogP contribution >= 0.6 is 11.6 Å². The largest absolute Gasteiger partial charge is 0.455 e. The molecule has 4 nitrogen and oxygen atoms in total. The minimum atomic E-state index is 0.527. The molecule has 198 valence electrons. The highest BCUT2D eigenvalue weighted by molar-refractivity contribution is 6.30. The fourth-order valence-electron chi connectivity index (χ4n) is 6.04. The number of oxazole rings is 1. The summed E-state index contributed by atoms with van der Waals surface area (Å²) in [6.45, 7) is 0. The molecule has 6 aromatic carbocycles. The van der Waals surface area contributed by atoms with Gasteiger partial charge in [-0.1, -0.05) is 84.4 Å². The highest BCUT2D eigenvalue weighted by Crippen LogP contribution is 2.43. The van der Waals surface area contributed by atoms with Crippen LogP contribution in [0.4, 0.5) is 0 Å². The van der Waals surface area contributed by atoms with E-state index in [1.54, 1.807) is 0 Å². The highest BCUT2D eigenvalue weighted by Gasteiger charge is 2.21. The summed E-state index contributed by atoms with van der Waals surface area (Å²) in [5, 5.41) is 4.96. The molecule has 3 aromatic heterocycles. The van der Waals surface area contributed by atoms with E-state index in [2.05, 4.69) is 54.6 Å². The van der Waals surface area contributed by atoms with Crippen LogP contribution in [0.25, 0.3) is 88.7 Å². The number of para-hydroxylation sites is 4. The first-order valence-corrected chi connectivity index (χ1v) is 14.1. The lowest BCUT2D eigenvalue weighted by atomic mass is 9.95. The normalized spacial score (nSPS) is 11.9. The average molecular weight is 562 g/mol. The van der Waals surface area contributed by atoms with E-state index in [-0.39, 0.29) is 0 Å². The van der Waals surface area contributed by atoms with Gasteiger partial charge in [-0.2, -0.15) is 0 Å². The molecule has 0 radical (unpaired) electrons. The molecule has 0 aliphatic rings. The van der Waals surface area contributed by atoms with E-state index in [0.717, 1.165) is 77.2 Å². The zero-order valence-corrected chi connectivity index (χ0v) is 22.9. The molecule has 9 aromatic rings. The van der Waals surface area contributed by atoms with Gasteiger partial charge in [0, 0.05) is 48.8 Å². The molecular weight excluding hydrogens is 542 g/mol. The first-order valence-electron chi connectivity index (χ1n) is 13.7. The molecule has 0 bridgehead atoms. The van der Waals surface area contributed by atoms with Gasteiger partial charge in [0.2, 0.25) is 5.89 Å². The number of hydrogen-bond acceptors (Lipinski definition) is 4. The third-order valence-corrected chi connectivity index (χ3v) is 8.25. The number of hydrogen-bond donors (Lipinski definition) is 0. The first-order chi connectivity index (χ1) is 20.7. The van der Waals surface area contributed by atoms with Crippen molar-refractivity contribution in [3.63, 3.8) is 0 Å². The molecule has 0 fully saturated rings. The molecule has 0 amide bonds. The summed E-state index contributed by atoms with van der Waals surface area (Å²) < 4.78 is 19.3. The fourth-order valence-corrected chi connectivity index (χ4v) is 6.17. The molecule has 0 saturated heterocycles. The topological polar surface area (TPSA) is 52.3 Å². The van der Waals surface area contributed by atoms with E-state index < -0.39 is 0 Å². The predicted octanol–water partition coefficient (Wildman–Crippen LogP) is 11.3. The van der Waals surface area contributed by atoms with Gasteiger partial charge in [0.1, 0.15) is 27.8 Å². The maximum absolute atomic E-state index is 6.46. The first kappa shape index (κ1) is 23.4. The van der Waals surface area contributed by atoms with E-state index >= 15 is 0 Å². The monoisotopic (exact) mass is 561 g/mol. The molecule has 42 heavy (non-hydrogen) atoms. The second-order valence-corrected chi connectivity index (χ2v) is 10.9. The van der Waals surface area contributed by atoms with Gasteiger partial charge in [-0.05, 0) is 54.1 Å². The summed E-state index contributed by atoms with van der Waals surface area (Å²) in [6.07, 6.45) is 0. The lowest BCUT2D eigenvalue weighted by Gasteiger charge is -2.08. The molecule has 3 heterocycles. The molecule has 9 rings (SSSR count). The Kier molecular flexibility index (Phi) is 4.92. The fraction of sp³-hybridized carbons (Fsp3) is 0.